The number of aliphatic hydroxyl groups excluding tert-OH is 1. The number of hydrogen-bond donors (Lipinski definition) is 3. The molecule has 104 valence electrons. The molecule has 1 rings (SSSR count). The van der Waals surface area contributed by atoms with E-state index in [9.17, 15) is 14.9 Å². The molecule has 0 heterocycles. The second kappa shape index (κ2) is 6.91. The third kappa shape index (κ3) is 4.72. The first-order chi connectivity index (χ1) is 8.93. The number of nitro benzene ring substituents is 1. The van der Waals surface area contributed by atoms with Gasteiger partial charge < -0.3 is 15.7 Å². The van der Waals surface area contributed by atoms with Gasteiger partial charge in [-0.3, -0.25) is 10.1 Å². The van der Waals surface area contributed by atoms with Crippen LogP contribution in [0.15, 0.2) is 18.2 Å². The summed E-state index contributed by atoms with van der Waals surface area (Å²) in [5.74, 6) is 0. The Kier molecular flexibility index (Phi) is 5.53. The number of carbonyl (C=O) groups excluding carboxylic acids is 1. The lowest BCUT2D eigenvalue weighted by atomic mass is 10.2. The number of anilines is 1. The van der Waals surface area contributed by atoms with Crippen molar-refractivity contribution in [2.24, 2.45) is 0 Å². The number of nitrogens with zero attached hydrogens (tertiary/aromatic N) is 1. The Labute approximate surface area is 114 Å². The predicted octanol–water partition coefficient (Wildman–Crippen LogP) is 2.14. The van der Waals surface area contributed by atoms with E-state index in [1.807, 2.05) is 0 Å². The van der Waals surface area contributed by atoms with E-state index in [-0.39, 0.29) is 29.0 Å². The van der Waals surface area contributed by atoms with Crippen LogP contribution >= 0.6 is 11.6 Å². The smallest absolute Gasteiger partial charge is 0.319 e. The highest BCUT2D eigenvalue weighted by Crippen LogP contribution is 2.26. The van der Waals surface area contributed by atoms with Crippen LogP contribution < -0.4 is 10.6 Å². The molecule has 0 saturated heterocycles. The molecular formula is C11H14ClN3O4. The second-order valence-corrected chi connectivity index (χ2v) is 4.34. The van der Waals surface area contributed by atoms with E-state index in [0.29, 0.717) is 6.42 Å². The monoisotopic (exact) mass is 287 g/mol. The van der Waals surface area contributed by atoms with Gasteiger partial charge in [-0.2, -0.15) is 0 Å². The summed E-state index contributed by atoms with van der Waals surface area (Å²) in [5, 5.41) is 24.5. The maximum atomic E-state index is 11.6. The van der Waals surface area contributed by atoms with Crippen molar-refractivity contribution in [1.82, 2.24) is 5.32 Å². The minimum Gasteiger partial charge on any atom is -0.396 e. The van der Waals surface area contributed by atoms with Crippen molar-refractivity contribution >= 4 is 29.0 Å². The first-order valence-corrected chi connectivity index (χ1v) is 5.94. The van der Waals surface area contributed by atoms with Gasteiger partial charge in [-0.05, 0) is 19.4 Å². The molecule has 0 bridgehead atoms. The molecule has 1 aromatic carbocycles. The topological polar surface area (TPSA) is 104 Å². The number of nitro groups is 1. The molecule has 0 aromatic heterocycles. The number of nitrogens with one attached hydrogen (secondary N) is 2. The number of carbonyl (C=O) groups is 1. The number of amides is 2. The molecule has 19 heavy (non-hydrogen) atoms. The van der Waals surface area contributed by atoms with Crippen LogP contribution in [-0.2, 0) is 0 Å². The summed E-state index contributed by atoms with van der Waals surface area (Å²) in [5.41, 5.74) is -0.00679. The first-order valence-electron chi connectivity index (χ1n) is 5.56. The number of rotatable bonds is 5. The maximum absolute atomic E-state index is 11.6. The zero-order chi connectivity index (χ0) is 14.4. The maximum Gasteiger partial charge on any atom is 0.319 e. The van der Waals surface area contributed by atoms with Gasteiger partial charge in [0.05, 0.1) is 15.6 Å². The second-order valence-electron chi connectivity index (χ2n) is 3.93. The molecule has 1 unspecified atom stereocenters. The highest BCUT2D eigenvalue weighted by molar-refractivity contribution is 6.33. The van der Waals surface area contributed by atoms with Gasteiger partial charge in [0.2, 0.25) is 0 Å². The largest absolute Gasteiger partial charge is 0.396 e. The van der Waals surface area contributed by atoms with E-state index in [1.165, 1.54) is 18.2 Å². The molecule has 0 radical (unpaired) electrons. The zero-order valence-electron chi connectivity index (χ0n) is 10.2. The van der Waals surface area contributed by atoms with Gasteiger partial charge in [-0.25, -0.2) is 4.79 Å². The number of aliphatic hydroxyl groups is 1. The summed E-state index contributed by atoms with van der Waals surface area (Å²) in [6.45, 7) is 1.68. The number of non-ortho nitro benzene ring substituents is 1. The van der Waals surface area contributed by atoms with Gasteiger partial charge in [0.25, 0.3) is 5.69 Å². The van der Waals surface area contributed by atoms with Crippen molar-refractivity contribution in [3.8, 4) is 0 Å². The molecule has 0 aliphatic rings. The van der Waals surface area contributed by atoms with Crippen molar-refractivity contribution in [3.05, 3.63) is 33.3 Å². The van der Waals surface area contributed by atoms with Crippen molar-refractivity contribution in [1.29, 1.82) is 0 Å². The van der Waals surface area contributed by atoms with Crippen LogP contribution in [0.25, 0.3) is 0 Å². The summed E-state index contributed by atoms with van der Waals surface area (Å²) >= 11 is 5.84. The Hall–Kier alpha value is -1.86. The lowest BCUT2D eigenvalue weighted by molar-refractivity contribution is -0.384. The molecular weight excluding hydrogens is 274 g/mol. The first kappa shape index (κ1) is 15.2. The molecule has 0 spiro atoms. The van der Waals surface area contributed by atoms with Crippen LogP contribution in [0.5, 0.6) is 0 Å². The van der Waals surface area contributed by atoms with E-state index in [2.05, 4.69) is 10.6 Å². The van der Waals surface area contributed by atoms with Gasteiger partial charge in [-0.15, -0.1) is 0 Å². The Morgan fingerprint density at radius 1 is 1.58 bits per heavy atom. The summed E-state index contributed by atoms with van der Waals surface area (Å²) in [4.78, 5) is 21.6. The van der Waals surface area contributed by atoms with Crippen molar-refractivity contribution in [2.75, 3.05) is 11.9 Å². The Bertz CT molecular complexity index is 481. The van der Waals surface area contributed by atoms with Gasteiger partial charge >= 0.3 is 6.03 Å². The summed E-state index contributed by atoms with van der Waals surface area (Å²) in [6.07, 6.45) is 0.413. The number of hydrogen-bond acceptors (Lipinski definition) is 4. The Morgan fingerprint density at radius 3 is 2.84 bits per heavy atom. The minimum atomic E-state index is -0.576. The van der Waals surface area contributed by atoms with E-state index >= 15 is 0 Å². The molecule has 1 atom stereocenters. The van der Waals surface area contributed by atoms with Crippen molar-refractivity contribution < 1.29 is 14.8 Å². The van der Waals surface area contributed by atoms with Gasteiger partial charge in [0.15, 0.2) is 0 Å². The van der Waals surface area contributed by atoms with Crippen molar-refractivity contribution in [2.45, 2.75) is 19.4 Å². The predicted molar refractivity (Wildman–Crippen MR) is 71.4 cm³/mol. The van der Waals surface area contributed by atoms with Crippen LogP contribution in [-0.4, -0.2) is 28.7 Å². The molecule has 0 aliphatic carbocycles. The molecule has 8 heteroatoms. The third-order valence-corrected chi connectivity index (χ3v) is 2.68. The average molecular weight is 288 g/mol. The minimum absolute atomic E-state index is 0.0426. The van der Waals surface area contributed by atoms with Crippen LogP contribution in [0.4, 0.5) is 16.2 Å². The number of benzene rings is 1. The molecule has 0 aliphatic heterocycles. The summed E-state index contributed by atoms with van der Waals surface area (Å²) in [6, 6.07) is 3.01. The molecule has 1 aromatic rings. The Morgan fingerprint density at radius 2 is 2.26 bits per heavy atom. The Balaban J connectivity index is 2.73. The van der Waals surface area contributed by atoms with E-state index in [0.717, 1.165) is 0 Å². The van der Waals surface area contributed by atoms with E-state index in [1.54, 1.807) is 6.92 Å². The quantitative estimate of drug-likeness (QED) is 0.570. The van der Waals surface area contributed by atoms with Gasteiger partial charge in [-0.1, -0.05) is 11.6 Å². The highest BCUT2D eigenvalue weighted by atomic mass is 35.5. The van der Waals surface area contributed by atoms with Crippen LogP contribution in [0, 0.1) is 10.1 Å². The number of urea groups is 1. The molecule has 3 N–H and O–H groups in total. The van der Waals surface area contributed by atoms with E-state index in [4.69, 9.17) is 16.7 Å². The van der Waals surface area contributed by atoms with Crippen LogP contribution in [0.1, 0.15) is 13.3 Å². The fraction of sp³-hybridized carbons (Fsp3) is 0.364. The fourth-order valence-corrected chi connectivity index (χ4v) is 1.54. The molecule has 7 nitrogen and oxygen atoms in total. The van der Waals surface area contributed by atoms with Gasteiger partial charge in [0, 0.05) is 24.8 Å². The molecule has 0 fully saturated rings. The standard InChI is InChI=1S/C11H14ClN3O4/c1-7(4-5-16)13-11(17)14-10-6-8(15(18)19)2-3-9(10)12/h2-3,6-7,16H,4-5H2,1H3,(H2,13,14,17). The van der Waals surface area contributed by atoms with Crippen LogP contribution in [0.3, 0.4) is 0 Å². The summed E-state index contributed by atoms with van der Waals surface area (Å²) < 4.78 is 0. The number of halogens is 1. The fourth-order valence-electron chi connectivity index (χ4n) is 1.37. The lowest BCUT2D eigenvalue weighted by Gasteiger charge is -2.13. The zero-order valence-corrected chi connectivity index (χ0v) is 11.0. The molecule has 0 saturated carbocycles. The van der Waals surface area contributed by atoms with E-state index < -0.39 is 11.0 Å². The third-order valence-electron chi connectivity index (χ3n) is 2.35. The lowest BCUT2D eigenvalue weighted by Crippen LogP contribution is -2.36. The van der Waals surface area contributed by atoms with Crippen molar-refractivity contribution in [3.63, 3.8) is 0 Å². The van der Waals surface area contributed by atoms with Crippen LogP contribution in [0.2, 0.25) is 5.02 Å². The summed E-state index contributed by atoms with van der Waals surface area (Å²) in [7, 11) is 0. The normalized spacial score (nSPS) is 11.7. The highest BCUT2D eigenvalue weighted by Gasteiger charge is 2.13. The van der Waals surface area contributed by atoms with Gasteiger partial charge in [0.1, 0.15) is 0 Å². The average Bonchev–Trinajstić information content (AvgIpc) is 2.31. The molecule has 2 amide bonds. The SMILES string of the molecule is CC(CCO)NC(=O)Nc1cc([N+](=O)[O-])ccc1Cl.